The first-order chi connectivity index (χ1) is 9.32. The van der Waals surface area contributed by atoms with Crippen LogP contribution in [-0.4, -0.2) is 59.5 Å². The largest absolute Gasteiger partial charge is 0.396 e. The quantitative estimate of drug-likeness (QED) is 0.698. The van der Waals surface area contributed by atoms with Crippen molar-refractivity contribution >= 4 is 21.8 Å². The smallest absolute Gasteiger partial charge is 0.277 e. The minimum atomic E-state index is -3.70. The summed E-state index contributed by atoms with van der Waals surface area (Å²) in [6.07, 6.45) is 1.60. The molecular formula is C10H18N6O3S. The van der Waals surface area contributed by atoms with Crippen molar-refractivity contribution in [1.29, 1.82) is 0 Å². The summed E-state index contributed by atoms with van der Waals surface area (Å²) >= 11 is 0. The molecule has 9 nitrogen and oxygen atoms in total. The number of carbonyl (C=O) groups is 1. The maximum atomic E-state index is 12.3. The van der Waals surface area contributed by atoms with E-state index in [1.807, 2.05) is 6.92 Å². The van der Waals surface area contributed by atoms with Crippen LogP contribution in [0.1, 0.15) is 17.4 Å². The fourth-order valence-corrected chi connectivity index (χ4v) is 2.73. The van der Waals surface area contributed by atoms with Crippen molar-refractivity contribution in [1.82, 2.24) is 19.0 Å². The van der Waals surface area contributed by atoms with Crippen LogP contribution in [-0.2, 0) is 16.8 Å². The van der Waals surface area contributed by atoms with Gasteiger partial charge in [-0.15, -0.1) is 0 Å². The molecule has 0 spiro atoms. The Morgan fingerprint density at radius 1 is 1.35 bits per heavy atom. The van der Waals surface area contributed by atoms with Gasteiger partial charge >= 0.3 is 0 Å². The van der Waals surface area contributed by atoms with Crippen molar-refractivity contribution in [2.45, 2.75) is 13.5 Å². The van der Waals surface area contributed by atoms with Crippen molar-refractivity contribution < 1.29 is 13.2 Å². The molecular weight excluding hydrogens is 284 g/mol. The molecule has 1 aliphatic heterocycles. The van der Waals surface area contributed by atoms with Crippen LogP contribution in [0.15, 0.2) is 6.20 Å². The highest BCUT2D eigenvalue weighted by atomic mass is 32.2. The van der Waals surface area contributed by atoms with E-state index in [0.29, 0.717) is 12.2 Å². The zero-order chi connectivity index (χ0) is 14.9. The molecule has 20 heavy (non-hydrogen) atoms. The molecule has 0 saturated carbocycles. The summed E-state index contributed by atoms with van der Waals surface area (Å²) in [5.74, 6) is -0.288. The van der Waals surface area contributed by atoms with Gasteiger partial charge in [0.15, 0.2) is 5.69 Å². The molecule has 4 N–H and O–H groups in total. The van der Waals surface area contributed by atoms with Crippen molar-refractivity contribution in [3.8, 4) is 0 Å². The number of carbonyl (C=O) groups excluding carboxylic acids is 1. The van der Waals surface area contributed by atoms with Gasteiger partial charge in [0.05, 0.1) is 5.69 Å². The second-order valence-electron chi connectivity index (χ2n) is 4.52. The lowest BCUT2D eigenvalue weighted by molar-refractivity contribution is 0.0692. The van der Waals surface area contributed by atoms with Gasteiger partial charge in [0.25, 0.3) is 16.1 Å². The van der Waals surface area contributed by atoms with Crippen molar-refractivity contribution in [2.75, 3.05) is 31.9 Å². The molecule has 1 aromatic rings. The molecule has 112 valence electrons. The number of hydrogen-bond acceptors (Lipinski definition) is 5. The number of hydrogen-bond donors (Lipinski definition) is 2. The zero-order valence-corrected chi connectivity index (χ0v) is 12.0. The van der Waals surface area contributed by atoms with E-state index in [1.165, 1.54) is 4.90 Å². The predicted octanol–water partition coefficient (Wildman–Crippen LogP) is -1.55. The Bertz CT molecular complexity index is 603. The SMILES string of the molecule is CCn1cc(N)c(C(=O)N2CCN(S(N)(=O)=O)CC2)n1. The number of piperazine rings is 1. The molecule has 1 aromatic heterocycles. The Balaban J connectivity index is 2.07. The summed E-state index contributed by atoms with van der Waals surface area (Å²) in [5.41, 5.74) is 6.29. The Kier molecular flexibility index (Phi) is 3.97. The minimum Gasteiger partial charge on any atom is -0.396 e. The normalized spacial score (nSPS) is 17.4. The molecule has 0 aromatic carbocycles. The standard InChI is InChI=1S/C10H18N6O3S/c1-2-15-7-8(11)9(13-15)10(17)14-3-5-16(6-4-14)20(12,18)19/h7H,2-6,11H2,1H3,(H2,12,18,19). The molecule has 2 heterocycles. The summed E-state index contributed by atoms with van der Waals surface area (Å²) in [4.78, 5) is 13.8. The topological polar surface area (TPSA) is 128 Å². The molecule has 1 fully saturated rings. The van der Waals surface area contributed by atoms with Gasteiger partial charge in [-0.25, -0.2) is 5.14 Å². The number of rotatable bonds is 3. The second-order valence-corrected chi connectivity index (χ2v) is 6.07. The first-order valence-corrected chi connectivity index (χ1v) is 7.73. The van der Waals surface area contributed by atoms with Crippen LogP contribution in [0.25, 0.3) is 0 Å². The number of nitrogens with zero attached hydrogens (tertiary/aromatic N) is 4. The summed E-state index contributed by atoms with van der Waals surface area (Å²) in [6, 6.07) is 0. The van der Waals surface area contributed by atoms with Gasteiger partial charge in [0.1, 0.15) is 0 Å². The van der Waals surface area contributed by atoms with Crippen LogP contribution in [0, 0.1) is 0 Å². The van der Waals surface area contributed by atoms with Crippen LogP contribution in [0.4, 0.5) is 5.69 Å². The van der Waals surface area contributed by atoms with E-state index in [2.05, 4.69) is 5.10 Å². The maximum absolute atomic E-state index is 12.3. The van der Waals surface area contributed by atoms with Gasteiger partial charge in [-0.2, -0.15) is 17.8 Å². The molecule has 10 heteroatoms. The van der Waals surface area contributed by atoms with E-state index >= 15 is 0 Å². The molecule has 0 radical (unpaired) electrons. The average Bonchev–Trinajstić information content (AvgIpc) is 2.78. The highest BCUT2D eigenvalue weighted by molar-refractivity contribution is 7.86. The molecule has 0 unspecified atom stereocenters. The fraction of sp³-hybridized carbons (Fsp3) is 0.600. The highest BCUT2D eigenvalue weighted by Crippen LogP contribution is 2.14. The lowest BCUT2D eigenvalue weighted by Crippen LogP contribution is -2.52. The zero-order valence-electron chi connectivity index (χ0n) is 11.2. The molecule has 0 bridgehead atoms. The Morgan fingerprint density at radius 2 is 1.95 bits per heavy atom. The van der Waals surface area contributed by atoms with Crippen molar-refractivity contribution in [2.24, 2.45) is 5.14 Å². The van der Waals surface area contributed by atoms with Gasteiger partial charge in [0.2, 0.25) is 0 Å². The minimum absolute atomic E-state index is 0.180. The van der Waals surface area contributed by atoms with E-state index < -0.39 is 10.2 Å². The van der Waals surface area contributed by atoms with E-state index in [0.717, 1.165) is 4.31 Å². The monoisotopic (exact) mass is 302 g/mol. The van der Waals surface area contributed by atoms with Crippen molar-refractivity contribution in [3.05, 3.63) is 11.9 Å². The average molecular weight is 302 g/mol. The van der Waals surface area contributed by atoms with Crippen LogP contribution in [0.3, 0.4) is 0 Å². The lowest BCUT2D eigenvalue weighted by Gasteiger charge is -2.32. The van der Waals surface area contributed by atoms with Crippen LogP contribution >= 0.6 is 0 Å². The molecule has 2 rings (SSSR count). The Morgan fingerprint density at radius 3 is 2.40 bits per heavy atom. The molecule has 0 aliphatic carbocycles. The number of amides is 1. The molecule has 1 aliphatic rings. The fourth-order valence-electron chi connectivity index (χ4n) is 2.06. The molecule has 1 saturated heterocycles. The molecule has 1 amide bonds. The Labute approximate surface area is 117 Å². The number of aryl methyl sites for hydroxylation is 1. The number of nitrogen functional groups attached to an aromatic ring is 1. The van der Waals surface area contributed by atoms with Gasteiger partial charge in [-0.1, -0.05) is 0 Å². The summed E-state index contributed by atoms with van der Waals surface area (Å²) in [7, 11) is -3.70. The first kappa shape index (κ1) is 14.8. The predicted molar refractivity (Wildman–Crippen MR) is 72.9 cm³/mol. The third-order valence-corrected chi connectivity index (χ3v) is 4.29. The number of anilines is 1. The van der Waals surface area contributed by atoms with Gasteiger partial charge < -0.3 is 10.6 Å². The first-order valence-electron chi connectivity index (χ1n) is 6.23. The summed E-state index contributed by atoms with van der Waals surface area (Å²) in [5, 5.41) is 9.16. The maximum Gasteiger partial charge on any atom is 0.277 e. The van der Waals surface area contributed by atoms with Crippen LogP contribution in [0.2, 0.25) is 0 Å². The van der Waals surface area contributed by atoms with Gasteiger partial charge in [-0.05, 0) is 6.92 Å². The highest BCUT2D eigenvalue weighted by Gasteiger charge is 2.28. The third-order valence-electron chi connectivity index (χ3n) is 3.20. The van der Waals surface area contributed by atoms with Crippen LogP contribution < -0.4 is 10.9 Å². The van der Waals surface area contributed by atoms with Gasteiger partial charge in [0, 0.05) is 38.9 Å². The van der Waals surface area contributed by atoms with Crippen molar-refractivity contribution in [3.63, 3.8) is 0 Å². The summed E-state index contributed by atoms with van der Waals surface area (Å²) < 4.78 is 25.1. The summed E-state index contributed by atoms with van der Waals surface area (Å²) in [6.45, 7) is 3.42. The van der Waals surface area contributed by atoms with E-state index in [9.17, 15) is 13.2 Å². The van der Waals surface area contributed by atoms with Crippen LogP contribution in [0.5, 0.6) is 0 Å². The number of aromatic nitrogens is 2. The molecule has 0 atom stereocenters. The number of nitrogens with two attached hydrogens (primary N) is 2. The van der Waals surface area contributed by atoms with Gasteiger partial charge in [-0.3, -0.25) is 9.48 Å². The van der Waals surface area contributed by atoms with E-state index in [1.54, 1.807) is 10.9 Å². The van der Waals surface area contributed by atoms with E-state index in [4.69, 9.17) is 10.9 Å². The second kappa shape index (κ2) is 5.38. The Hall–Kier alpha value is -1.65. The third kappa shape index (κ3) is 2.92. The lowest BCUT2D eigenvalue weighted by atomic mass is 10.3. The van der Waals surface area contributed by atoms with E-state index in [-0.39, 0.29) is 37.8 Å².